The van der Waals surface area contributed by atoms with E-state index in [0.717, 1.165) is 9.47 Å². The molecule has 0 unspecified atom stereocenters. The summed E-state index contributed by atoms with van der Waals surface area (Å²) in [6, 6.07) is 0. The van der Waals surface area contributed by atoms with Gasteiger partial charge >= 0.3 is 71.8 Å². The van der Waals surface area contributed by atoms with Gasteiger partial charge in [0.15, 0.2) is 0 Å². The Labute approximate surface area is 188 Å². The number of hydrogen-bond acceptors (Lipinski definition) is 2. The molecule has 1 saturated carbocycles. The Hall–Kier alpha value is -1.76. The average molecular weight is 632 g/mol. The Bertz CT molecular complexity index is 842. The van der Waals surface area contributed by atoms with Crippen molar-refractivity contribution in [1.82, 2.24) is 0 Å². The van der Waals surface area contributed by atoms with Crippen molar-refractivity contribution in [2.75, 3.05) is 0 Å². The molecule has 228 valence electrons. The molecule has 0 aromatic rings. The zero-order valence-electron chi connectivity index (χ0n) is 15.9. The van der Waals surface area contributed by atoms with Crippen LogP contribution in [-0.2, 0) is 9.47 Å². The number of rotatable bonds is 6. The molecule has 1 rings (SSSR count). The smallest absolute Gasteiger partial charge is 0.267 e. The molecule has 0 saturated heterocycles. The first-order valence-corrected chi connectivity index (χ1v) is 7.85. The van der Waals surface area contributed by atoms with Crippen LogP contribution in [0.1, 0.15) is 0 Å². The third-order valence-corrected chi connectivity index (χ3v) is 4.38. The van der Waals surface area contributed by atoms with Gasteiger partial charge in [0.05, 0.1) is 0 Å². The zero-order valence-corrected chi connectivity index (χ0v) is 15.9. The molecule has 0 heterocycles. The van der Waals surface area contributed by atoms with Crippen molar-refractivity contribution >= 4 is 0 Å². The van der Waals surface area contributed by atoms with E-state index in [0.29, 0.717) is 0 Å². The van der Waals surface area contributed by atoms with Crippen LogP contribution in [-0.4, -0.2) is 71.8 Å². The van der Waals surface area contributed by atoms with Crippen molar-refractivity contribution < 1.29 is 115 Å². The third-order valence-electron chi connectivity index (χ3n) is 4.38. The molecular formula is C12F24O2. The predicted octanol–water partition coefficient (Wildman–Crippen LogP) is 7.49. The highest BCUT2D eigenvalue weighted by molar-refractivity contribution is 5.25. The van der Waals surface area contributed by atoms with Crippen LogP contribution < -0.4 is 0 Å². The molecular weight excluding hydrogens is 632 g/mol. The molecule has 0 amide bonds. The molecule has 26 heteroatoms. The van der Waals surface area contributed by atoms with Crippen molar-refractivity contribution in [3.05, 3.63) is 0 Å². The summed E-state index contributed by atoms with van der Waals surface area (Å²) in [6.07, 6.45) is -32.8. The fraction of sp³-hybridized carbons (Fsp3) is 1.00. The van der Waals surface area contributed by atoms with Crippen molar-refractivity contribution in [1.29, 1.82) is 0 Å². The van der Waals surface area contributed by atoms with E-state index < -0.39 is 71.8 Å². The minimum absolute atomic E-state index is 1.02. The van der Waals surface area contributed by atoms with Crippen molar-refractivity contribution in [3.63, 3.8) is 0 Å². The van der Waals surface area contributed by atoms with E-state index >= 15 is 0 Å². The van der Waals surface area contributed by atoms with Crippen LogP contribution >= 0.6 is 0 Å². The summed E-state index contributed by atoms with van der Waals surface area (Å²) in [5, 5.41) is 0. The van der Waals surface area contributed by atoms with Gasteiger partial charge in [0, 0.05) is 0 Å². The Morgan fingerprint density at radius 2 is 0.526 bits per heavy atom. The Kier molecular flexibility index (Phi) is 7.14. The van der Waals surface area contributed by atoms with Gasteiger partial charge in [-0.05, 0) is 0 Å². The highest BCUT2D eigenvalue weighted by Crippen LogP contribution is 2.72. The lowest BCUT2D eigenvalue weighted by Gasteiger charge is -2.55. The second-order valence-corrected chi connectivity index (χ2v) is 6.87. The van der Waals surface area contributed by atoms with E-state index in [2.05, 4.69) is 0 Å². The fourth-order valence-electron chi connectivity index (χ4n) is 2.27. The number of alkyl halides is 24. The fourth-order valence-corrected chi connectivity index (χ4v) is 2.27. The second kappa shape index (κ2) is 7.92. The summed E-state index contributed by atoms with van der Waals surface area (Å²) in [4.78, 5) is 0. The van der Waals surface area contributed by atoms with E-state index in [-0.39, 0.29) is 0 Å². The van der Waals surface area contributed by atoms with E-state index in [4.69, 9.17) is 0 Å². The summed E-state index contributed by atoms with van der Waals surface area (Å²) in [7, 11) is 0. The monoisotopic (exact) mass is 632 g/mol. The first kappa shape index (κ1) is 34.3. The highest BCUT2D eigenvalue weighted by atomic mass is 19.4. The molecule has 0 N–H and O–H groups in total. The number of hydrogen-bond donors (Lipinski definition) is 0. The van der Waals surface area contributed by atoms with Crippen LogP contribution in [0.3, 0.4) is 0 Å². The molecule has 2 nitrogen and oxygen atoms in total. The lowest BCUT2D eigenvalue weighted by atomic mass is 9.77. The number of halogens is 24. The minimum atomic E-state index is -9.01. The predicted molar refractivity (Wildman–Crippen MR) is 61.5 cm³/mol. The molecule has 0 aromatic heterocycles. The largest absolute Gasteiger partial charge is 0.462 e. The average Bonchev–Trinajstić information content (AvgIpc) is 2.63. The van der Waals surface area contributed by atoms with Crippen molar-refractivity contribution in [2.45, 2.75) is 71.8 Å². The van der Waals surface area contributed by atoms with Gasteiger partial charge in [0.2, 0.25) is 0 Å². The summed E-state index contributed by atoms with van der Waals surface area (Å²) in [6.45, 7) is 0. The molecule has 0 radical (unpaired) electrons. The molecule has 2 atom stereocenters. The summed E-state index contributed by atoms with van der Waals surface area (Å²) >= 11 is 0. The van der Waals surface area contributed by atoms with E-state index in [1.165, 1.54) is 0 Å². The molecule has 38 heavy (non-hydrogen) atoms. The molecule has 0 bridgehead atoms. The zero-order chi connectivity index (χ0) is 31.4. The lowest BCUT2D eigenvalue weighted by Crippen LogP contribution is -2.87. The van der Waals surface area contributed by atoms with Gasteiger partial charge in [0.25, 0.3) is 0 Å². The molecule has 1 aliphatic rings. The highest BCUT2D eigenvalue weighted by Gasteiger charge is 3.04. The van der Waals surface area contributed by atoms with Crippen molar-refractivity contribution in [2.24, 2.45) is 0 Å². The Balaban J connectivity index is 4.09. The van der Waals surface area contributed by atoms with E-state index in [1.807, 2.05) is 0 Å². The SMILES string of the molecule is FC(F)(F)C(F)(F)C(F)(F)O[C@@]1(F)C(F)(F)C(F)(F)C(F)(F)[C@@](F)(OC(F)(F)C(F)(F)C(F)(F)F)C1(F)F. The molecule has 0 aliphatic heterocycles. The van der Waals surface area contributed by atoms with Gasteiger partial charge in [0.1, 0.15) is 0 Å². The van der Waals surface area contributed by atoms with Crippen LogP contribution in [0.5, 0.6) is 0 Å². The topological polar surface area (TPSA) is 18.5 Å². The lowest BCUT2D eigenvalue weighted by molar-refractivity contribution is -0.593. The first-order chi connectivity index (χ1) is 15.9. The van der Waals surface area contributed by atoms with Crippen LogP contribution in [0.15, 0.2) is 0 Å². The molecule has 0 spiro atoms. The van der Waals surface area contributed by atoms with Crippen LogP contribution in [0.4, 0.5) is 105 Å². The first-order valence-electron chi connectivity index (χ1n) is 7.85. The van der Waals surface area contributed by atoms with Gasteiger partial charge < -0.3 is 0 Å². The van der Waals surface area contributed by atoms with E-state index in [9.17, 15) is 105 Å². The maximum atomic E-state index is 14.3. The molecule has 0 aromatic carbocycles. The molecule has 1 aliphatic carbocycles. The number of ether oxygens (including phenoxy) is 2. The quantitative estimate of drug-likeness (QED) is 0.283. The van der Waals surface area contributed by atoms with Gasteiger partial charge in [-0.25, -0.2) is 0 Å². The Morgan fingerprint density at radius 1 is 0.316 bits per heavy atom. The van der Waals surface area contributed by atoms with Gasteiger partial charge in [-0.2, -0.15) is 105 Å². The Morgan fingerprint density at radius 3 is 0.711 bits per heavy atom. The summed E-state index contributed by atoms with van der Waals surface area (Å²) < 4.78 is 316. The van der Waals surface area contributed by atoms with Gasteiger partial charge in [-0.3, -0.25) is 9.47 Å². The van der Waals surface area contributed by atoms with Crippen molar-refractivity contribution in [3.8, 4) is 0 Å². The normalized spacial score (nSPS) is 30.3. The standard InChI is InChI=1S/C12F24O2/c13-1(14)2(15,16)7(25,37-11(33,34)5(21,22)9(27,28)29)4(19,20)8(26,3(1,17)18)38-12(35,36)6(23,24)10(30,31)32/t7-,8+. The summed E-state index contributed by atoms with van der Waals surface area (Å²) in [5.74, 6) is -69.5. The van der Waals surface area contributed by atoms with Crippen LogP contribution in [0.25, 0.3) is 0 Å². The van der Waals surface area contributed by atoms with Gasteiger partial charge in [-0.15, -0.1) is 0 Å². The maximum absolute atomic E-state index is 14.3. The maximum Gasteiger partial charge on any atom is 0.462 e. The molecule has 1 fully saturated rings. The van der Waals surface area contributed by atoms with E-state index in [1.54, 1.807) is 0 Å². The van der Waals surface area contributed by atoms with Crippen LogP contribution in [0, 0.1) is 0 Å². The summed E-state index contributed by atoms with van der Waals surface area (Å²) in [5.41, 5.74) is 0. The third kappa shape index (κ3) is 3.77. The van der Waals surface area contributed by atoms with Gasteiger partial charge in [-0.1, -0.05) is 0 Å². The minimum Gasteiger partial charge on any atom is -0.267 e. The second-order valence-electron chi connectivity index (χ2n) is 6.87. The van der Waals surface area contributed by atoms with Crippen LogP contribution in [0.2, 0.25) is 0 Å².